The Kier molecular flexibility index (Phi) is 1.98. The highest BCUT2D eigenvalue weighted by Crippen LogP contribution is 2.46. The van der Waals surface area contributed by atoms with Crippen LogP contribution in [0.2, 0.25) is 0 Å². The van der Waals surface area contributed by atoms with Crippen molar-refractivity contribution >= 4 is 16.6 Å². The van der Waals surface area contributed by atoms with Crippen molar-refractivity contribution in [1.82, 2.24) is 4.98 Å². The zero-order chi connectivity index (χ0) is 12.2. The van der Waals surface area contributed by atoms with Crippen LogP contribution in [0.25, 0.3) is 10.9 Å². The van der Waals surface area contributed by atoms with Gasteiger partial charge in [-0.2, -0.15) is 0 Å². The van der Waals surface area contributed by atoms with Crippen LogP contribution in [0, 0.1) is 5.92 Å². The van der Waals surface area contributed by atoms with Gasteiger partial charge < -0.3 is 10.0 Å². The average Bonchev–Trinajstić information content (AvgIpc) is 3.19. The molecule has 3 heteroatoms. The van der Waals surface area contributed by atoms with Crippen LogP contribution in [0.5, 0.6) is 0 Å². The summed E-state index contributed by atoms with van der Waals surface area (Å²) in [6.07, 6.45) is 4.25. The van der Waals surface area contributed by atoms with E-state index in [1.54, 1.807) is 0 Å². The Morgan fingerprint density at radius 3 is 2.72 bits per heavy atom. The van der Waals surface area contributed by atoms with Gasteiger partial charge in [0.05, 0.1) is 5.52 Å². The van der Waals surface area contributed by atoms with Crippen LogP contribution in [0.15, 0.2) is 36.5 Å². The Balaban J connectivity index is 1.68. The molecule has 0 unspecified atom stereocenters. The molecule has 1 aromatic heterocycles. The molecule has 2 heterocycles. The van der Waals surface area contributed by atoms with Crippen LogP contribution in [-0.4, -0.2) is 28.8 Å². The molecule has 1 N–H and O–H groups in total. The first-order valence-electron chi connectivity index (χ1n) is 6.57. The van der Waals surface area contributed by atoms with E-state index in [0.29, 0.717) is 5.92 Å². The third-order valence-corrected chi connectivity index (χ3v) is 4.23. The maximum Gasteiger partial charge on any atom is 0.102 e. The van der Waals surface area contributed by atoms with E-state index in [1.807, 2.05) is 24.4 Å². The largest absolute Gasteiger partial charge is 0.386 e. The fraction of sp³-hybridized carbons (Fsp3) is 0.400. The highest BCUT2D eigenvalue weighted by molar-refractivity contribution is 5.91. The van der Waals surface area contributed by atoms with E-state index >= 15 is 0 Å². The first kappa shape index (κ1) is 10.3. The first-order chi connectivity index (χ1) is 8.76. The van der Waals surface area contributed by atoms with E-state index < -0.39 is 5.60 Å². The lowest BCUT2D eigenvalue weighted by Gasteiger charge is -2.48. The molecule has 0 spiro atoms. The summed E-state index contributed by atoms with van der Waals surface area (Å²) in [6, 6.07) is 10.2. The average molecular weight is 240 g/mol. The molecule has 2 aromatic rings. The summed E-state index contributed by atoms with van der Waals surface area (Å²) in [4.78, 5) is 6.64. The summed E-state index contributed by atoms with van der Waals surface area (Å²) in [7, 11) is 0. The number of pyridine rings is 1. The molecule has 1 aromatic carbocycles. The highest BCUT2D eigenvalue weighted by Gasteiger charge is 2.52. The van der Waals surface area contributed by atoms with Gasteiger partial charge in [-0.1, -0.05) is 18.2 Å². The van der Waals surface area contributed by atoms with Crippen LogP contribution >= 0.6 is 0 Å². The number of aromatic nitrogens is 1. The van der Waals surface area contributed by atoms with E-state index in [-0.39, 0.29) is 0 Å². The summed E-state index contributed by atoms with van der Waals surface area (Å²) in [6.45, 7) is 1.54. The number of benzene rings is 1. The topological polar surface area (TPSA) is 36.4 Å². The van der Waals surface area contributed by atoms with E-state index in [9.17, 15) is 5.11 Å². The van der Waals surface area contributed by atoms with Gasteiger partial charge in [0.2, 0.25) is 0 Å². The van der Waals surface area contributed by atoms with Gasteiger partial charge in [-0.15, -0.1) is 0 Å². The maximum atomic E-state index is 10.4. The van der Waals surface area contributed by atoms with Crippen molar-refractivity contribution in [3.8, 4) is 0 Å². The molecular weight excluding hydrogens is 224 g/mol. The van der Waals surface area contributed by atoms with Gasteiger partial charge in [-0.05, 0) is 30.9 Å². The molecule has 2 aliphatic rings. The van der Waals surface area contributed by atoms with Crippen LogP contribution in [0.1, 0.15) is 12.8 Å². The van der Waals surface area contributed by atoms with E-state index in [1.165, 1.54) is 23.9 Å². The predicted octanol–water partition coefficient (Wildman–Crippen LogP) is 2.20. The molecule has 0 atom stereocenters. The first-order valence-corrected chi connectivity index (χ1v) is 6.57. The SMILES string of the molecule is OC1(C2CC2)CN(c2ccnc3ccccc23)C1. The van der Waals surface area contributed by atoms with Crippen molar-refractivity contribution in [2.24, 2.45) is 5.92 Å². The van der Waals surface area contributed by atoms with E-state index in [0.717, 1.165) is 18.6 Å². The van der Waals surface area contributed by atoms with Gasteiger partial charge in [-0.25, -0.2) is 0 Å². The van der Waals surface area contributed by atoms with Gasteiger partial charge in [0.15, 0.2) is 0 Å². The van der Waals surface area contributed by atoms with Crippen LogP contribution in [0.3, 0.4) is 0 Å². The number of hydrogen-bond acceptors (Lipinski definition) is 3. The van der Waals surface area contributed by atoms with E-state index in [2.05, 4.69) is 22.0 Å². The number of aliphatic hydroxyl groups is 1. The second kappa shape index (κ2) is 3.45. The molecule has 1 aliphatic heterocycles. The number of rotatable bonds is 2. The third kappa shape index (κ3) is 1.44. The minimum atomic E-state index is -0.426. The number of para-hydroxylation sites is 1. The summed E-state index contributed by atoms with van der Waals surface area (Å²) >= 11 is 0. The summed E-state index contributed by atoms with van der Waals surface area (Å²) in [5, 5.41) is 11.6. The Hall–Kier alpha value is -1.61. The lowest BCUT2D eigenvalue weighted by atomic mass is 9.88. The maximum absolute atomic E-state index is 10.4. The Morgan fingerprint density at radius 1 is 1.17 bits per heavy atom. The van der Waals surface area contributed by atoms with Gasteiger partial charge >= 0.3 is 0 Å². The molecule has 1 saturated carbocycles. The van der Waals surface area contributed by atoms with Gasteiger partial charge in [0.1, 0.15) is 5.60 Å². The van der Waals surface area contributed by atoms with Crippen LogP contribution in [-0.2, 0) is 0 Å². The summed E-state index contributed by atoms with van der Waals surface area (Å²) < 4.78 is 0. The summed E-state index contributed by atoms with van der Waals surface area (Å²) in [5.41, 5.74) is 1.80. The minimum Gasteiger partial charge on any atom is -0.386 e. The lowest BCUT2D eigenvalue weighted by Crippen LogP contribution is -2.63. The highest BCUT2D eigenvalue weighted by atomic mass is 16.3. The fourth-order valence-electron chi connectivity index (χ4n) is 3.02. The molecule has 0 bridgehead atoms. The molecule has 1 aliphatic carbocycles. The third-order valence-electron chi connectivity index (χ3n) is 4.23. The standard InChI is InChI=1S/C15H16N2O/c18-15(11-5-6-11)9-17(10-15)14-7-8-16-13-4-2-1-3-12(13)14/h1-4,7-8,11,18H,5-6,9-10H2. The second-order valence-corrected chi connectivity index (χ2v) is 5.58. The second-order valence-electron chi connectivity index (χ2n) is 5.58. The van der Waals surface area contributed by atoms with Gasteiger partial charge in [0, 0.05) is 30.4 Å². The lowest BCUT2D eigenvalue weighted by molar-refractivity contribution is -0.00915. The van der Waals surface area contributed by atoms with Crippen molar-refractivity contribution < 1.29 is 5.11 Å². The molecule has 0 amide bonds. The molecule has 3 nitrogen and oxygen atoms in total. The molecule has 1 saturated heterocycles. The number of fused-ring (bicyclic) bond motifs is 1. The molecule has 2 fully saturated rings. The normalized spacial score (nSPS) is 21.9. The Morgan fingerprint density at radius 2 is 1.94 bits per heavy atom. The molecule has 92 valence electrons. The number of anilines is 1. The van der Waals surface area contributed by atoms with Crippen molar-refractivity contribution in [1.29, 1.82) is 0 Å². The van der Waals surface area contributed by atoms with Crippen molar-refractivity contribution in [3.05, 3.63) is 36.5 Å². The van der Waals surface area contributed by atoms with Gasteiger partial charge in [0.25, 0.3) is 0 Å². The van der Waals surface area contributed by atoms with E-state index in [4.69, 9.17) is 0 Å². The Bertz CT molecular complexity index is 595. The number of hydrogen-bond donors (Lipinski definition) is 1. The molecule has 18 heavy (non-hydrogen) atoms. The molecular formula is C15H16N2O. The monoisotopic (exact) mass is 240 g/mol. The van der Waals surface area contributed by atoms with Crippen LogP contribution in [0.4, 0.5) is 5.69 Å². The zero-order valence-corrected chi connectivity index (χ0v) is 10.2. The number of β-amino-alcohol motifs (C(OH)–C–C–N with tert-alkyl or cyclic N) is 1. The number of nitrogens with zero attached hydrogens (tertiary/aromatic N) is 2. The van der Waals surface area contributed by atoms with Crippen molar-refractivity contribution in [2.45, 2.75) is 18.4 Å². The fourth-order valence-corrected chi connectivity index (χ4v) is 3.02. The summed E-state index contributed by atoms with van der Waals surface area (Å²) in [5.74, 6) is 0.543. The smallest absolute Gasteiger partial charge is 0.102 e. The molecule has 0 radical (unpaired) electrons. The zero-order valence-electron chi connectivity index (χ0n) is 10.2. The van der Waals surface area contributed by atoms with Gasteiger partial charge in [-0.3, -0.25) is 4.98 Å². The van der Waals surface area contributed by atoms with Crippen LogP contribution < -0.4 is 4.90 Å². The quantitative estimate of drug-likeness (QED) is 0.874. The van der Waals surface area contributed by atoms with Crippen molar-refractivity contribution in [3.63, 3.8) is 0 Å². The van der Waals surface area contributed by atoms with Crippen molar-refractivity contribution in [2.75, 3.05) is 18.0 Å². The Labute approximate surface area is 106 Å². The minimum absolute atomic E-state index is 0.426. The predicted molar refractivity (Wildman–Crippen MR) is 71.6 cm³/mol. The molecule has 4 rings (SSSR count).